The number of nitrogens with zero attached hydrogens (tertiary/aromatic N) is 4. The number of aromatic nitrogens is 2. The van der Waals surface area contributed by atoms with Crippen molar-refractivity contribution in [3.05, 3.63) is 96.6 Å². The first kappa shape index (κ1) is 25.5. The lowest BCUT2D eigenvalue weighted by molar-refractivity contribution is 0.604. The van der Waals surface area contributed by atoms with Gasteiger partial charge in [-0.15, -0.1) is 23.5 Å². The van der Waals surface area contributed by atoms with Gasteiger partial charge in [0.25, 0.3) is 0 Å². The minimum absolute atomic E-state index is 0.0321. The van der Waals surface area contributed by atoms with Gasteiger partial charge >= 0.3 is 0 Å². The Bertz CT molecular complexity index is 1640. The molecular formula is C34H30N4S2. The van der Waals surface area contributed by atoms with E-state index < -0.39 is 0 Å². The standard InChI is InChI=1S/C34H30N4S2/c1-33(2)19-39-31(37-33)27-15-13-21(17-35-27)29-23-9-5-7-11-25(23)30(26-12-8-6-10-24(26)29)22-14-16-28(36-18-22)32-38-34(3,4)20-40-32/h5-18H,19-20H2,1-4H3. The number of fused-ring (bicyclic) bond motifs is 2. The zero-order valence-electron chi connectivity index (χ0n) is 23.1. The molecule has 6 heteroatoms. The molecule has 2 aliphatic heterocycles. The Morgan fingerprint density at radius 1 is 0.525 bits per heavy atom. The van der Waals surface area contributed by atoms with Crippen LogP contribution in [0.1, 0.15) is 39.1 Å². The molecular weight excluding hydrogens is 529 g/mol. The molecule has 3 aromatic carbocycles. The Morgan fingerprint density at radius 3 is 1.18 bits per heavy atom. The van der Waals surface area contributed by atoms with Crippen LogP contribution in [0, 0.1) is 0 Å². The van der Waals surface area contributed by atoms with E-state index >= 15 is 0 Å². The van der Waals surface area contributed by atoms with Gasteiger partial charge in [-0.1, -0.05) is 60.7 Å². The highest BCUT2D eigenvalue weighted by atomic mass is 32.2. The van der Waals surface area contributed by atoms with E-state index in [0.29, 0.717) is 0 Å². The topological polar surface area (TPSA) is 50.5 Å². The summed E-state index contributed by atoms with van der Waals surface area (Å²) in [6, 6.07) is 26.0. The predicted octanol–water partition coefficient (Wildman–Crippen LogP) is 8.66. The molecule has 0 saturated heterocycles. The van der Waals surface area contributed by atoms with Gasteiger partial charge in [0.1, 0.15) is 10.1 Å². The molecule has 0 aliphatic carbocycles. The second kappa shape index (κ2) is 9.57. The monoisotopic (exact) mass is 558 g/mol. The predicted molar refractivity (Wildman–Crippen MR) is 174 cm³/mol. The fraction of sp³-hybridized carbons (Fsp3) is 0.235. The van der Waals surface area contributed by atoms with Crippen molar-refractivity contribution in [1.29, 1.82) is 0 Å². The summed E-state index contributed by atoms with van der Waals surface area (Å²) in [5.41, 5.74) is 6.47. The lowest BCUT2D eigenvalue weighted by atomic mass is 9.86. The fourth-order valence-corrected chi connectivity index (χ4v) is 7.79. The highest BCUT2D eigenvalue weighted by Crippen LogP contribution is 2.43. The molecule has 2 aliphatic rings. The largest absolute Gasteiger partial charge is 0.269 e. The second-order valence-corrected chi connectivity index (χ2v) is 13.7. The van der Waals surface area contributed by atoms with Gasteiger partial charge in [0, 0.05) is 35.0 Å². The van der Waals surface area contributed by atoms with Crippen molar-refractivity contribution in [2.75, 3.05) is 11.5 Å². The lowest BCUT2D eigenvalue weighted by Crippen LogP contribution is -2.15. The highest BCUT2D eigenvalue weighted by molar-refractivity contribution is 8.15. The van der Waals surface area contributed by atoms with Gasteiger partial charge in [0.2, 0.25) is 0 Å². The van der Waals surface area contributed by atoms with Gasteiger partial charge < -0.3 is 0 Å². The van der Waals surface area contributed by atoms with Crippen molar-refractivity contribution in [3.8, 4) is 22.3 Å². The molecule has 2 aromatic heterocycles. The molecule has 0 radical (unpaired) electrons. The highest BCUT2D eigenvalue weighted by Gasteiger charge is 2.28. The lowest BCUT2D eigenvalue weighted by Gasteiger charge is -2.17. The molecule has 5 aromatic rings. The summed E-state index contributed by atoms with van der Waals surface area (Å²) in [4.78, 5) is 19.5. The molecule has 0 N–H and O–H groups in total. The van der Waals surface area contributed by atoms with Crippen molar-refractivity contribution in [2.24, 2.45) is 9.98 Å². The minimum Gasteiger partial charge on any atom is -0.269 e. The minimum atomic E-state index is -0.0321. The summed E-state index contributed by atoms with van der Waals surface area (Å²) in [5, 5.41) is 6.90. The molecule has 0 unspecified atom stereocenters. The third-order valence-electron chi connectivity index (χ3n) is 7.41. The Labute approximate surface area is 243 Å². The molecule has 7 rings (SSSR count). The number of pyridine rings is 2. The summed E-state index contributed by atoms with van der Waals surface area (Å²) < 4.78 is 0. The first-order valence-electron chi connectivity index (χ1n) is 13.6. The van der Waals surface area contributed by atoms with Crippen molar-refractivity contribution in [3.63, 3.8) is 0 Å². The van der Waals surface area contributed by atoms with Crippen molar-refractivity contribution in [2.45, 2.75) is 38.8 Å². The molecule has 0 saturated carbocycles. The maximum absolute atomic E-state index is 4.88. The smallest absolute Gasteiger partial charge is 0.117 e. The summed E-state index contributed by atoms with van der Waals surface area (Å²) >= 11 is 3.58. The fourth-order valence-electron chi connectivity index (χ4n) is 5.52. The van der Waals surface area contributed by atoms with Crippen LogP contribution in [-0.2, 0) is 0 Å². The average Bonchev–Trinajstić information content (AvgIpc) is 3.52. The number of thioether (sulfide) groups is 2. The second-order valence-electron chi connectivity index (χ2n) is 11.7. The van der Waals surface area contributed by atoms with E-state index in [4.69, 9.17) is 20.0 Å². The average molecular weight is 559 g/mol. The van der Waals surface area contributed by atoms with Crippen LogP contribution in [0.5, 0.6) is 0 Å². The number of benzene rings is 3. The molecule has 198 valence electrons. The molecule has 0 fully saturated rings. The molecule has 40 heavy (non-hydrogen) atoms. The molecule has 0 amide bonds. The summed E-state index contributed by atoms with van der Waals surface area (Å²) in [7, 11) is 0. The van der Waals surface area contributed by atoms with Crippen LogP contribution in [-0.4, -0.2) is 42.6 Å². The summed E-state index contributed by atoms with van der Waals surface area (Å²) in [6.07, 6.45) is 4.02. The maximum Gasteiger partial charge on any atom is 0.117 e. The summed E-state index contributed by atoms with van der Waals surface area (Å²) in [5.74, 6) is 1.98. The van der Waals surface area contributed by atoms with Gasteiger partial charge in [-0.25, -0.2) is 0 Å². The first-order chi connectivity index (χ1) is 19.3. The maximum atomic E-state index is 4.88. The summed E-state index contributed by atoms with van der Waals surface area (Å²) in [6.45, 7) is 8.69. The van der Waals surface area contributed by atoms with Crippen LogP contribution in [0.15, 0.2) is 95.2 Å². The molecule has 4 nitrogen and oxygen atoms in total. The van der Waals surface area contributed by atoms with Crippen molar-refractivity contribution >= 4 is 55.2 Å². The molecule has 0 bridgehead atoms. The zero-order valence-corrected chi connectivity index (χ0v) is 24.7. The Kier molecular flexibility index (Phi) is 6.09. The Morgan fingerprint density at radius 2 is 0.900 bits per heavy atom. The number of rotatable bonds is 4. The Hall–Kier alpha value is -3.48. The van der Waals surface area contributed by atoms with Crippen LogP contribution in [0.3, 0.4) is 0 Å². The van der Waals surface area contributed by atoms with Crippen LogP contribution in [0.2, 0.25) is 0 Å². The first-order valence-corrected chi connectivity index (χ1v) is 15.6. The van der Waals surface area contributed by atoms with Crippen molar-refractivity contribution in [1.82, 2.24) is 9.97 Å². The molecule has 4 heterocycles. The van der Waals surface area contributed by atoms with Gasteiger partial charge in [-0.3, -0.25) is 20.0 Å². The normalized spacial score (nSPS) is 17.8. The van der Waals surface area contributed by atoms with E-state index in [2.05, 4.69) is 100 Å². The van der Waals surface area contributed by atoms with E-state index in [1.807, 2.05) is 12.4 Å². The molecule has 0 spiro atoms. The van der Waals surface area contributed by atoms with Crippen LogP contribution in [0.4, 0.5) is 0 Å². The Balaban J connectivity index is 1.37. The number of hydrogen-bond acceptors (Lipinski definition) is 6. The third-order valence-corrected chi connectivity index (χ3v) is 10.3. The van der Waals surface area contributed by atoms with E-state index in [1.54, 1.807) is 23.5 Å². The van der Waals surface area contributed by atoms with Gasteiger partial charge in [0.05, 0.1) is 22.5 Å². The number of hydrogen-bond donors (Lipinski definition) is 0. The zero-order chi connectivity index (χ0) is 27.5. The van der Waals surface area contributed by atoms with Crippen LogP contribution < -0.4 is 0 Å². The van der Waals surface area contributed by atoms with Crippen LogP contribution >= 0.6 is 23.5 Å². The van der Waals surface area contributed by atoms with Gasteiger partial charge in [-0.05, 0) is 72.5 Å². The van der Waals surface area contributed by atoms with E-state index in [-0.39, 0.29) is 11.1 Å². The van der Waals surface area contributed by atoms with E-state index in [9.17, 15) is 0 Å². The van der Waals surface area contributed by atoms with Crippen LogP contribution in [0.25, 0.3) is 43.8 Å². The van der Waals surface area contributed by atoms with Gasteiger partial charge in [-0.2, -0.15) is 0 Å². The van der Waals surface area contributed by atoms with Gasteiger partial charge in [0.15, 0.2) is 0 Å². The van der Waals surface area contributed by atoms with Crippen molar-refractivity contribution < 1.29 is 0 Å². The number of aliphatic imine (C=N–C) groups is 2. The molecule has 0 atom stereocenters. The van der Waals surface area contributed by atoms with E-state index in [0.717, 1.165) is 44.1 Å². The van der Waals surface area contributed by atoms with E-state index in [1.165, 1.54) is 32.7 Å². The third kappa shape index (κ3) is 4.53. The quantitative estimate of drug-likeness (QED) is 0.207. The SMILES string of the molecule is CC1(C)CSC(c2ccc(-c3c4ccccc4c(-c4ccc(C5=NC(C)(C)CS5)nc4)c4ccccc34)cn2)=N1.